The molecule has 1 heterocycles. The Morgan fingerprint density at radius 2 is 1.85 bits per heavy atom. The molecule has 9 nitrogen and oxygen atoms in total. The number of benzene rings is 1. The van der Waals surface area contributed by atoms with Crippen LogP contribution in [0.2, 0.25) is 0 Å². The summed E-state index contributed by atoms with van der Waals surface area (Å²) in [6.45, 7) is 7.25. The number of rotatable bonds is 7. The first kappa shape index (κ1) is 26.6. The lowest BCUT2D eigenvalue weighted by Crippen LogP contribution is -2.47. The van der Waals surface area contributed by atoms with Crippen LogP contribution < -0.4 is 5.32 Å². The molecule has 0 bridgehead atoms. The average Bonchev–Trinajstić information content (AvgIpc) is 2.78. The summed E-state index contributed by atoms with van der Waals surface area (Å²) in [6, 6.07) is 8.81. The van der Waals surface area contributed by atoms with Crippen molar-refractivity contribution in [2.75, 3.05) is 26.9 Å². The van der Waals surface area contributed by atoms with Crippen LogP contribution in [0.3, 0.4) is 0 Å². The van der Waals surface area contributed by atoms with Crippen LogP contribution in [0.4, 0.5) is 4.79 Å². The van der Waals surface area contributed by atoms with Crippen LogP contribution in [0.5, 0.6) is 0 Å². The van der Waals surface area contributed by atoms with Crippen molar-refractivity contribution in [1.29, 1.82) is 0 Å². The quantitative estimate of drug-likeness (QED) is 0.484. The summed E-state index contributed by atoms with van der Waals surface area (Å²) in [7, 11) is 1.32. The van der Waals surface area contributed by atoms with Crippen molar-refractivity contribution in [3.8, 4) is 0 Å². The minimum Gasteiger partial charge on any atom is -0.469 e. The van der Waals surface area contributed by atoms with Gasteiger partial charge in [-0.05, 0) is 39.7 Å². The van der Waals surface area contributed by atoms with E-state index in [1.807, 2.05) is 30.3 Å². The van der Waals surface area contributed by atoms with Crippen LogP contribution in [-0.2, 0) is 39.7 Å². The number of ether oxygens (including phenoxy) is 5. The Kier molecular flexibility index (Phi) is 10.1. The summed E-state index contributed by atoms with van der Waals surface area (Å²) in [4.78, 5) is 36.5. The van der Waals surface area contributed by atoms with Gasteiger partial charge >= 0.3 is 18.0 Å². The summed E-state index contributed by atoms with van der Waals surface area (Å²) >= 11 is 0. The number of esters is 2. The third-order valence-electron chi connectivity index (χ3n) is 5.01. The zero-order valence-electron chi connectivity index (χ0n) is 20.0. The van der Waals surface area contributed by atoms with Gasteiger partial charge in [0.15, 0.2) is 6.04 Å². The fraction of sp³-hybridized carbons (Fsp3) is 0.625. The fourth-order valence-electron chi connectivity index (χ4n) is 3.51. The van der Waals surface area contributed by atoms with Crippen molar-refractivity contribution in [3.63, 3.8) is 0 Å². The third-order valence-corrected chi connectivity index (χ3v) is 5.01. The van der Waals surface area contributed by atoms with E-state index in [1.165, 1.54) is 7.11 Å². The molecule has 0 aliphatic carbocycles. The van der Waals surface area contributed by atoms with Gasteiger partial charge in [-0.25, -0.2) is 9.59 Å². The first-order valence-corrected chi connectivity index (χ1v) is 11.1. The van der Waals surface area contributed by atoms with Gasteiger partial charge in [0.05, 0.1) is 39.5 Å². The number of hydrogen-bond acceptors (Lipinski definition) is 8. The summed E-state index contributed by atoms with van der Waals surface area (Å²) < 4.78 is 27.4. The monoisotopic (exact) mass is 465 g/mol. The SMILES string of the molecule is COC(=O)CCO[C@@H]1[C@@H](Cc2ccccc2)COC[C@H](NC(=O)OC(C)(C)C)C(=O)O[C@H]1C. The summed E-state index contributed by atoms with van der Waals surface area (Å²) in [5.74, 6) is -1.19. The van der Waals surface area contributed by atoms with Gasteiger partial charge in [-0.3, -0.25) is 4.79 Å². The number of nitrogens with one attached hydrogen (secondary N) is 1. The maximum Gasteiger partial charge on any atom is 0.408 e. The van der Waals surface area contributed by atoms with Gasteiger partial charge in [-0.2, -0.15) is 0 Å². The smallest absolute Gasteiger partial charge is 0.408 e. The van der Waals surface area contributed by atoms with Crippen molar-refractivity contribution in [2.24, 2.45) is 5.92 Å². The van der Waals surface area contributed by atoms with Crippen LogP contribution in [0, 0.1) is 5.92 Å². The molecule has 1 saturated heterocycles. The van der Waals surface area contributed by atoms with E-state index in [-0.39, 0.29) is 38.1 Å². The van der Waals surface area contributed by atoms with Crippen molar-refractivity contribution in [2.45, 2.75) is 64.4 Å². The molecule has 0 saturated carbocycles. The number of carbonyl (C=O) groups is 3. The van der Waals surface area contributed by atoms with Gasteiger partial charge in [-0.15, -0.1) is 0 Å². The van der Waals surface area contributed by atoms with E-state index in [4.69, 9.17) is 18.9 Å². The van der Waals surface area contributed by atoms with E-state index in [2.05, 4.69) is 10.1 Å². The predicted molar refractivity (Wildman–Crippen MR) is 120 cm³/mol. The summed E-state index contributed by atoms with van der Waals surface area (Å²) in [5, 5.41) is 2.52. The summed E-state index contributed by atoms with van der Waals surface area (Å²) in [5.41, 5.74) is 0.369. The average molecular weight is 466 g/mol. The maximum absolute atomic E-state index is 12.8. The minimum absolute atomic E-state index is 0.0645. The van der Waals surface area contributed by atoms with Gasteiger partial charge in [-0.1, -0.05) is 30.3 Å². The van der Waals surface area contributed by atoms with Gasteiger partial charge in [0, 0.05) is 5.92 Å². The molecule has 1 amide bonds. The molecule has 1 N–H and O–H groups in total. The standard InChI is InChI=1S/C24H35NO8/c1-16-21(31-12-11-20(26)29-5)18(13-17-9-7-6-8-10-17)14-30-15-19(22(27)32-16)25-23(28)33-24(2,3)4/h6-10,16,18-19,21H,11-15H2,1-5H3,(H,25,28)/t16-,18-,19-,21-/m0/s1. The highest BCUT2D eigenvalue weighted by atomic mass is 16.6. The van der Waals surface area contributed by atoms with E-state index in [0.717, 1.165) is 5.56 Å². The lowest BCUT2D eigenvalue weighted by molar-refractivity contribution is -0.162. The second-order valence-electron chi connectivity index (χ2n) is 8.99. The number of carbonyl (C=O) groups excluding carboxylic acids is 3. The molecule has 2 rings (SSSR count). The Hall–Kier alpha value is -2.65. The lowest BCUT2D eigenvalue weighted by atomic mass is 9.91. The summed E-state index contributed by atoms with van der Waals surface area (Å²) in [6.07, 6.45) is -1.20. The van der Waals surface area contributed by atoms with E-state index in [0.29, 0.717) is 6.42 Å². The van der Waals surface area contributed by atoms with Crippen LogP contribution in [0.15, 0.2) is 30.3 Å². The second kappa shape index (κ2) is 12.6. The Bertz CT molecular complexity index is 776. The Labute approximate surface area is 195 Å². The van der Waals surface area contributed by atoms with Crippen molar-refractivity contribution < 1.29 is 38.1 Å². The molecule has 4 atom stereocenters. The predicted octanol–water partition coefficient (Wildman–Crippen LogP) is 2.65. The Morgan fingerprint density at radius 3 is 2.48 bits per heavy atom. The van der Waals surface area contributed by atoms with Gasteiger partial charge in [0.1, 0.15) is 11.7 Å². The van der Waals surface area contributed by atoms with E-state index >= 15 is 0 Å². The minimum atomic E-state index is -1.02. The molecule has 0 radical (unpaired) electrons. The van der Waals surface area contributed by atoms with E-state index in [9.17, 15) is 14.4 Å². The second-order valence-corrected chi connectivity index (χ2v) is 8.99. The Morgan fingerprint density at radius 1 is 1.15 bits per heavy atom. The number of cyclic esters (lactones) is 1. The van der Waals surface area contributed by atoms with Crippen molar-refractivity contribution in [3.05, 3.63) is 35.9 Å². The molecule has 0 aromatic heterocycles. The van der Waals surface area contributed by atoms with Gasteiger partial charge < -0.3 is 29.0 Å². The number of alkyl carbamates (subject to hydrolysis) is 1. The molecule has 0 spiro atoms. The number of hydrogen-bond donors (Lipinski definition) is 1. The molecular weight excluding hydrogens is 430 g/mol. The molecule has 1 aliphatic rings. The van der Waals surface area contributed by atoms with Gasteiger partial charge in [0.2, 0.25) is 0 Å². The molecule has 9 heteroatoms. The number of amides is 1. The molecule has 1 aliphatic heterocycles. The van der Waals surface area contributed by atoms with Crippen molar-refractivity contribution >= 4 is 18.0 Å². The van der Waals surface area contributed by atoms with Crippen molar-refractivity contribution in [1.82, 2.24) is 5.32 Å². The van der Waals surface area contributed by atoms with E-state index in [1.54, 1.807) is 27.7 Å². The van der Waals surface area contributed by atoms with Crippen LogP contribution in [0.1, 0.15) is 39.7 Å². The third kappa shape index (κ3) is 9.39. The zero-order chi connectivity index (χ0) is 24.4. The Balaban J connectivity index is 2.15. The van der Waals surface area contributed by atoms with Crippen LogP contribution in [-0.4, -0.2) is 68.8 Å². The fourth-order valence-corrected chi connectivity index (χ4v) is 3.51. The normalized spacial score (nSPS) is 24.0. The first-order valence-electron chi connectivity index (χ1n) is 11.1. The molecule has 1 aromatic carbocycles. The maximum atomic E-state index is 12.8. The molecule has 1 aromatic rings. The highest BCUT2D eigenvalue weighted by Crippen LogP contribution is 2.23. The molecule has 1 fully saturated rings. The lowest BCUT2D eigenvalue weighted by Gasteiger charge is -2.30. The van der Waals surface area contributed by atoms with Gasteiger partial charge in [0.25, 0.3) is 0 Å². The topological polar surface area (TPSA) is 109 Å². The largest absolute Gasteiger partial charge is 0.469 e. The molecule has 33 heavy (non-hydrogen) atoms. The first-order chi connectivity index (χ1) is 15.6. The molecule has 184 valence electrons. The van der Waals surface area contributed by atoms with Crippen LogP contribution in [0.25, 0.3) is 0 Å². The highest BCUT2D eigenvalue weighted by molar-refractivity contribution is 5.81. The van der Waals surface area contributed by atoms with E-state index < -0.39 is 35.9 Å². The molecule has 0 unspecified atom stereocenters. The molecular formula is C24H35NO8. The number of methoxy groups -OCH3 is 1. The zero-order valence-corrected chi connectivity index (χ0v) is 20.0. The highest BCUT2D eigenvalue weighted by Gasteiger charge is 2.36. The van der Waals surface area contributed by atoms with Crippen LogP contribution >= 0.6 is 0 Å².